The lowest BCUT2D eigenvalue weighted by Gasteiger charge is -2.18. The minimum absolute atomic E-state index is 0.0995. The molecule has 0 spiro atoms. The molecule has 0 bridgehead atoms. The summed E-state index contributed by atoms with van der Waals surface area (Å²) in [5.74, 6) is -1.52. The molecule has 0 aliphatic rings. The summed E-state index contributed by atoms with van der Waals surface area (Å²) in [4.78, 5) is 24.3. The van der Waals surface area contributed by atoms with E-state index < -0.39 is 17.9 Å². The van der Waals surface area contributed by atoms with Gasteiger partial charge >= 0.3 is 11.8 Å². The summed E-state index contributed by atoms with van der Waals surface area (Å²) >= 11 is 5.87. The maximum Gasteiger partial charge on any atom is 0.313 e. The summed E-state index contributed by atoms with van der Waals surface area (Å²) in [5, 5.41) is 15.0. The second-order valence-electron chi connectivity index (χ2n) is 5.36. The topological polar surface area (TPSA) is 78.4 Å². The predicted molar refractivity (Wildman–Crippen MR) is 93.8 cm³/mol. The van der Waals surface area contributed by atoms with Gasteiger partial charge in [-0.15, -0.1) is 0 Å². The summed E-state index contributed by atoms with van der Waals surface area (Å²) in [6.07, 6.45) is 0.322. The van der Waals surface area contributed by atoms with Gasteiger partial charge in [0.2, 0.25) is 0 Å². The van der Waals surface area contributed by atoms with Gasteiger partial charge in [0.15, 0.2) is 0 Å². The molecular formula is C18H19ClN2O3. The van der Waals surface area contributed by atoms with Crippen molar-refractivity contribution in [1.82, 2.24) is 5.32 Å². The molecule has 0 aliphatic carbocycles. The Labute approximate surface area is 145 Å². The van der Waals surface area contributed by atoms with Crippen molar-refractivity contribution < 1.29 is 14.7 Å². The fraction of sp³-hybridized carbons (Fsp3) is 0.222. The van der Waals surface area contributed by atoms with Crippen LogP contribution in [0.5, 0.6) is 0 Å². The fourth-order valence-electron chi connectivity index (χ4n) is 2.31. The quantitative estimate of drug-likeness (QED) is 0.728. The first kappa shape index (κ1) is 18.0. The third kappa shape index (κ3) is 4.81. The number of amides is 2. The Kier molecular flexibility index (Phi) is 6.35. The highest BCUT2D eigenvalue weighted by Gasteiger charge is 2.20. The van der Waals surface area contributed by atoms with Crippen molar-refractivity contribution in [3.8, 4) is 0 Å². The lowest BCUT2D eigenvalue weighted by molar-refractivity contribution is -0.136. The SMILES string of the molecule is Cc1cc(Cl)ccc1NC(=O)C(=O)NC(CCO)c1ccccc1. The molecule has 6 heteroatoms. The summed E-state index contributed by atoms with van der Waals surface area (Å²) in [7, 11) is 0. The van der Waals surface area contributed by atoms with Crippen LogP contribution in [0.4, 0.5) is 5.69 Å². The maximum absolute atomic E-state index is 12.2. The molecule has 0 saturated carbocycles. The van der Waals surface area contributed by atoms with Crippen LogP contribution < -0.4 is 10.6 Å². The fourth-order valence-corrected chi connectivity index (χ4v) is 2.53. The van der Waals surface area contributed by atoms with Gasteiger partial charge in [-0.3, -0.25) is 9.59 Å². The standard InChI is InChI=1S/C18H19ClN2O3/c1-12-11-14(19)7-8-15(12)20-17(23)18(24)21-16(9-10-22)13-5-3-2-4-6-13/h2-8,11,16,22H,9-10H2,1H3,(H,20,23)(H,21,24). The van der Waals surface area contributed by atoms with E-state index in [9.17, 15) is 14.7 Å². The predicted octanol–water partition coefficient (Wildman–Crippen LogP) is 2.83. The van der Waals surface area contributed by atoms with E-state index in [2.05, 4.69) is 10.6 Å². The average molecular weight is 347 g/mol. The van der Waals surface area contributed by atoms with E-state index in [1.54, 1.807) is 25.1 Å². The first-order chi connectivity index (χ1) is 11.5. The number of hydrogen-bond acceptors (Lipinski definition) is 3. The summed E-state index contributed by atoms with van der Waals surface area (Å²) in [6, 6.07) is 13.8. The van der Waals surface area contributed by atoms with Gasteiger partial charge in [-0.05, 0) is 42.7 Å². The molecule has 126 valence electrons. The molecule has 0 aliphatic heterocycles. The summed E-state index contributed by atoms with van der Waals surface area (Å²) in [6.45, 7) is 1.69. The Bertz CT molecular complexity index is 719. The Morgan fingerprint density at radius 2 is 1.83 bits per heavy atom. The summed E-state index contributed by atoms with van der Waals surface area (Å²) < 4.78 is 0. The maximum atomic E-state index is 12.2. The lowest BCUT2D eigenvalue weighted by Crippen LogP contribution is -2.38. The van der Waals surface area contributed by atoms with E-state index in [1.165, 1.54) is 0 Å². The van der Waals surface area contributed by atoms with Crippen molar-refractivity contribution in [2.45, 2.75) is 19.4 Å². The number of aryl methyl sites for hydroxylation is 1. The van der Waals surface area contributed by atoms with E-state index in [1.807, 2.05) is 30.3 Å². The van der Waals surface area contributed by atoms with Crippen LogP contribution in [0.2, 0.25) is 5.02 Å². The van der Waals surface area contributed by atoms with Crippen molar-refractivity contribution in [2.75, 3.05) is 11.9 Å². The van der Waals surface area contributed by atoms with E-state index >= 15 is 0 Å². The van der Waals surface area contributed by atoms with Crippen LogP contribution in [0, 0.1) is 6.92 Å². The molecule has 0 aromatic heterocycles. The first-order valence-corrected chi connectivity index (χ1v) is 7.93. The van der Waals surface area contributed by atoms with Crippen molar-refractivity contribution >= 4 is 29.1 Å². The van der Waals surface area contributed by atoms with E-state index in [0.29, 0.717) is 17.1 Å². The zero-order valence-corrected chi connectivity index (χ0v) is 14.0. The van der Waals surface area contributed by atoms with E-state index in [4.69, 9.17) is 11.6 Å². The molecule has 1 unspecified atom stereocenters. The minimum atomic E-state index is -0.765. The van der Waals surface area contributed by atoms with Gasteiger partial charge in [-0.1, -0.05) is 41.9 Å². The van der Waals surface area contributed by atoms with Gasteiger partial charge in [0, 0.05) is 17.3 Å². The molecule has 1 atom stereocenters. The van der Waals surface area contributed by atoms with Gasteiger partial charge in [-0.25, -0.2) is 0 Å². The number of carbonyl (C=O) groups is 2. The van der Waals surface area contributed by atoms with Crippen molar-refractivity contribution in [3.05, 3.63) is 64.7 Å². The number of anilines is 1. The van der Waals surface area contributed by atoms with Gasteiger partial charge in [0.1, 0.15) is 0 Å². The van der Waals surface area contributed by atoms with Crippen LogP contribution in [0.15, 0.2) is 48.5 Å². The molecule has 2 rings (SSSR count). The number of hydrogen-bond donors (Lipinski definition) is 3. The number of carbonyl (C=O) groups excluding carboxylic acids is 2. The lowest BCUT2D eigenvalue weighted by atomic mass is 10.0. The molecule has 5 nitrogen and oxygen atoms in total. The Morgan fingerprint density at radius 3 is 2.46 bits per heavy atom. The van der Waals surface area contributed by atoms with E-state index in [0.717, 1.165) is 11.1 Å². The number of aliphatic hydroxyl groups excluding tert-OH is 1. The highest BCUT2D eigenvalue weighted by Crippen LogP contribution is 2.20. The highest BCUT2D eigenvalue weighted by molar-refractivity contribution is 6.39. The molecule has 0 heterocycles. The second kappa shape index (κ2) is 8.47. The van der Waals surface area contributed by atoms with Crippen molar-refractivity contribution in [3.63, 3.8) is 0 Å². The first-order valence-electron chi connectivity index (χ1n) is 7.55. The zero-order valence-electron chi connectivity index (χ0n) is 13.3. The van der Waals surface area contributed by atoms with Crippen LogP contribution in [0.25, 0.3) is 0 Å². The summed E-state index contributed by atoms with van der Waals surface area (Å²) in [5.41, 5.74) is 2.12. The normalized spacial score (nSPS) is 11.6. The van der Waals surface area contributed by atoms with Gasteiger partial charge in [0.05, 0.1) is 6.04 Å². The van der Waals surface area contributed by atoms with Crippen LogP contribution in [0.1, 0.15) is 23.6 Å². The Hall–Kier alpha value is -2.37. The largest absolute Gasteiger partial charge is 0.396 e. The molecule has 0 saturated heterocycles. The van der Waals surface area contributed by atoms with Crippen LogP contribution in [-0.2, 0) is 9.59 Å². The third-order valence-electron chi connectivity index (χ3n) is 3.57. The molecular weight excluding hydrogens is 328 g/mol. The number of aliphatic hydroxyl groups is 1. The molecule has 3 N–H and O–H groups in total. The molecule has 24 heavy (non-hydrogen) atoms. The molecule has 0 radical (unpaired) electrons. The third-order valence-corrected chi connectivity index (χ3v) is 3.80. The van der Waals surface area contributed by atoms with Gasteiger partial charge < -0.3 is 15.7 Å². The number of benzene rings is 2. The zero-order chi connectivity index (χ0) is 17.5. The van der Waals surface area contributed by atoms with Crippen LogP contribution in [-0.4, -0.2) is 23.5 Å². The van der Waals surface area contributed by atoms with Crippen molar-refractivity contribution in [2.24, 2.45) is 0 Å². The van der Waals surface area contributed by atoms with Crippen LogP contribution in [0.3, 0.4) is 0 Å². The van der Waals surface area contributed by atoms with Crippen LogP contribution >= 0.6 is 11.6 Å². The minimum Gasteiger partial charge on any atom is -0.396 e. The van der Waals surface area contributed by atoms with Gasteiger partial charge in [-0.2, -0.15) is 0 Å². The number of nitrogens with one attached hydrogen (secondary N) is 2. The van der Waals surface area contributed by atoms with Gasteiger partial charge in [0.25, 0.3) is 0 Å². The molecule has 2 aromatic rings. The highest BCUT2D eigenvalue weighted by atomic mass is 35.5. The van der Waals surface area contributed by atoms with Crippen molar-refractivity contribution in [1.29, 1.82) is 0 Å². The Balaban J connectivity index is 2.05. The number of rotatable bonds is 5. The van der Waals surface area contributed by atoms with E-state index in [-0.39, 0.29) is 6.61 Å². The molecule has 0 fully saturated rings. The average Bonchev–Trinajstić information content (AvgIpc) is 2.57. The monoisotopic (exact) mass is 346 g/mol. The second-order valence-corrected chi connectivity index (χ2v) is 5.80. The Morgan fingerprint density at radius 1 is 1.12 bits per heavy atom. The molecule has 2 aromatic carbocycles. The molecule has 2 amide bonds. The number of halogens is 1. The smallest absolute Gasteiger partial charge is 0.313 e.